The lowest BCUT2D eigenvalue weighted by Crippen LogP contribution is -2.55. The zero-order valence-corrected chi connectivity index (χ0v) is 12.5. The van der Waals surface area contributed by atoms with Crippen molar-refractivity contribution in [2.45, 2.75) is 45.3 Å². The second-order valence-electron chi connectivity index (χ2n) is 6.62. The van der Waals surface area contributed by atoms with E-state index in [1.54, 1.807) is 4.90 Å². The van der Waals surface area contributed by atoms with Gasteiger partial charge in [0, 0.05) is 26.2 Å². The SMILES string of the molecule is CC(C)(C)OC(=O)N1CCN([C@H](C(=O)O)C2CC2)CC1. The van der Waals surface area contributed by atoms with Crippen LogP contribution in [-0.4, -0.2) is 64.8 Å². The highest BCUT2D eigenvalue weighted by Gasteiger charge is 2.41. The van der Waals surface area contributed by atoms with E-state index in [0.717, 1.165) is 12.8 Å². The molecule has 20 heavy (non-hydrogen) atoms. The van der Waals surface area contributed by atoms with Gasteiger partial charge in [0.05, 0.1) is 0 Å². The first kappa shape index (κ1) is 15.1. The minimum absolute atomic E-state index is 0.292. The fraction of sp³-hybridized carbons (Fsp3) is 0.857. The molecule has 6 nitrogen and oxygen atoms in total. The van der Waals surface area contributed by atoms with Crippen LogP contribution in [0.1, 0.15) is 33.6 Å². The van der Waals surface area contributed by atoms with E-state index in [1.165, 1.54) is 0 Å². The van der Waals surface area contributed by atoms with Crippen LogP contribution in [0.2, 0.25) is 0 Å². The molecule has 1 saturated carbocycles. The van der Waals surface area contributed by atoms with Crippen molar-refractivity contribution in [3.8, 4) is 0 Å². The van der Waals surface area contributed by atoms with Gasteiger partial charge in [-0.15, -0.1) is 0 Å². The van der Waals surface area contributed by atoms with Crippen molar-refractivity contribution < 1.29 is 19.4 Å². The third-order valence-corrected chi connectivity index (χ3v) is 3.68. The number of aliphatic carboxylic acids is 1. The van der Waals surface area contributed by atoms with Crippen molar-refractivity contribution in [2.75, 3.05) is 26.2 Å². The highest BCUT2D eigenvalue weighted by Crippen LogP contribution is 2.35. The Bertz CT molecular complexity index is 379. The Morgan fingerprint density at radius 1 is 1.15 bits per heavy atom. The quantitative estimate of drug-likeness (QED) is 0.848. The summed E-state index contributed by atoms with van der Waals surface area (Å²) in [6.07, 6.45) is 1.70. The largest absolute Gasteiger partial charge is 0.480 e. The van der Waals surface area contributed by atoms with E-state index in [0.29, 0.717) is 32.1 Å². The van der Waals surface area contributed by atoms with Gasteiger partial charge in [-0.25, -0.2) is 4.79 Å². The molecular weight excluding hydrogens is 260 g/mol. The fourth-order valence-corrected chi connectivity index (χ4v) is 2.58. The molecule has 6 heteroatoms. The maximum Gasteiger partial charge on any atom is 0.410 e. The molecule has 0 radical (unpaired) electrons. The summed E-state index contributed by atoms with van der Waals surface area (Å²) in [7, 11) is 0. The molecule has 0 aromatic heterocycles. The molecule has 0 unspecified atom stereocenters. The highest BCUT2D eigenvalue weighted by molar-refractivity contribution is 5.74. The maximum atomic E-state index is 11.9. The number of hydrogen-bond donors (Lipinski definition) is 1. The van der Waals surface area contributed by atoms with Crippen LogP contribution in [0.15, 0.2) is 0 Å². The van der Waals surface area contributed by atoms with Crippen LogP contribution in [-0.2, 0) is 9.53 Å². The van der Waals surface area contributed by atoms with Crippen LogP contribution in [0, 0.1) is 5.92 Å². The summed E-state index contributed by atoms with van der Waals surface area (Å²) in [5.74, 6) is -0.446. The second-order valence-corrected chi connectivity index (χ2v) is 6.62. The van der Waals surface area contributed by atoms with Gasteiger partial charge in [0.2, 0.25) is 0 Å². The van der Waals surface area contributed by atoms with Crippen LogP contribution in [0.25, 0.3) is 0 Å². The molecular formula is C14H24N2O4. The van der Waals surface area contributed by atoms with E-state index >= 15 is 0 Å². The lowest BCUT2D eigenvalue weighted by molar-refractivity contribution is -0.144. The molecule has 1 aliphatic heterocycles. The number of rotatable bonds is 3. The number of carboxylic acid groups (broad SMARTS) is 1. The molecule has 1 amide bonds. The van der Waals surface area contributed by atoms with E-state index in [1.807, 2.05) is 25.7 Å². The van der Waals surface area contributed by atoms with Crippen molar-refractivity contribution >= 4 is 12.1 Å². The molecule has 0 aromatic rings. The third kappa shape index (κ3) is 3.85. The van der Waals surface area contributed by atoms with Crippen molar-refractivity contribution in [1.29, 1.82) is 0 Å². The molecule has 2 rings (SSSR count). The normalized spacial score (nSPS) is 22.4. The summed E-state index contributed by atoms with van der Waals surface area (Å²) < 4.78 is 5.33. The van der Waals surface area contributed by atoms with Crippen LogP contribution >= 0.6 is 0 Å². The molecule has 2 aliphatic rings. The molecule has 1 aliphatic carbocycles. The standard InChI is InChI=1S/C14H24N2O4/c1-14(2,3)20-13(19)16-8-6-15(7-9-16)11(12(17)18)10-4-5-10/h10-11H,4-9H2,1-3H3,(H,17,18)/t11-/m0/s1. The van der Waals surface area contributed by atoms with E-state index in [-0.39, 0.29) is 12.1 Å². The van der Waals surface area contributed by atoms with Gasteiger partial charge in [-0.3, -0.25) is 9.69 Å². The number of hydrogen-bond acceptors (Lipinski definition) is 4. The van der Waals surface area contributed by atoms with Crippen LogP contribution in [0.3, 0.4) is 0 Å². The number of amides is 1. The number of piperazine rings is 1. The van der Waals surface area contributed by atoms with Gasteiger partial charge < -0.3 is 14.7 Å². The maximum absolute atomic E-state index is 11.9. The van der Waals surface area contributed by atoms with Crippen LogP contribution in [0.4, 0.5) is 4.79 Å². The van der Waals surface area contributed by atoms with Crippen LogP contribution in [0.5, 0.6) is 0 Å². The molecule has 2 fully saturated rings. The Balaban J connectivity index is 1.85. The van der Waals surface area contributed by atoms with E-state index in [4.69, 9.17) is 4.74 Å². The van der Waals surface area contributed by atoms with E-state index in [9.17, 15) is 14.7 Å². The minimum atomic E-state index is -0.738. The van der Waals surface area contributed by atoms with E-state index < -0.39 is 11.6 Å². The predicted octanol–water partition coefficient (Wildman–Crippen LogP) is 1.40. The van der Waals surface area contributed by atoms with Crippen molar-refractivity contribution in [1.82, 2.24) is 9.80 Å². The Hall–Kier alpha value is -1.30. The molecule has 0 aromatic carbocycles. The zero-order valence-electron chi connectivity index (χ0n) is 12.5. The Morgan fingerprint density at radius 3 is 2.10 bits per heavy atom. The molecule has 0 bridgehead atoms. The predicted molar refractivity (Wildman–Crippen MR) is 73.5 cm³/mol. The van der Waals surface area contributed by atoms with Gasteiger partial charge in [0.15, 0.2) is 0 Å². The summed E-state index contributed by atoms with van der Waals surface area (Å²) in [6.45, 7) is 7.80. The second kappa shape index (κ2) is 5.60. The third-order valence-electron chi connectivity index (χ3n) is 3.68. The number of carbonyl (C=O) groups excluding carboxylic acids is 1. The molecule has 114 valence electrons. The van der Waals surface area contributed by atoms with Gasteiger partial charge in [-0.1, -0.05) is 0 Å². The highest BCUT2D eigenvalue weighted by atomic mass is 16.6. The van der Waals surface area contributed by atoms with Gasteiger partial charge in [0.1, 0.15) is 11.6 Å². The number of carboxylic acids is 1. The summed E-state index contributed by atoms with van der Waals surface area (Å²) in [6, 6.07) is -0.379. The summed E-state index contributed by atoms with van der Waals surface area (Å²) in [4.78, 5) is 26.9. The van der Waals surface area contributed by atoms with Crippen molar-refractivity contribution in [2.24, 2.45) is 5.92 Å². The summed E-state index contributed by atoms with van der Waals surface area (Å²) in [5, 5.41) is 9.32. The van der Waals surface area contributed by atoms with Crippen molar-refractivity contribution in [3.05, 3.63) is 0 Å². The van der Waals surface area contributed by atoms with E-state index in [2.05, 4.69) is 0 Å². The lowest BCUT2D eigenvalue weighted by Gasteiger charge is -2.38. The molecule has 1 saturated heterocycles. The Kier molecular flexibility index (Phi) is 4.22. The van der Waals surface area contributed by atoms with Gasteiger partial charge in [-0.2, -0.15) is 0 Å². The first-order valence-corrected chi connectivity index (χ1v) is 7.23. The van der Waals surface area contributed by atoms with Crippen LogP contribution < -0.4 is 0 Å². The topological polar surface area (TPSA) is 70.1 Å². The van der Waals surface area contributed by atoms with Gasteiger partial charge >= 0.3 is 12.1 Å². The zero-order chi connectivity index (χ0) is 14.9. The Morgan fingerprint density at radius 2 is 1.70 bits per heavy atom. The molecule has 0 spiro atoms. The molecule has 1 heterocycles. The summed E-state index contributed by atoms with van der Waals surface area (Å²) >= 11 is 0. The number of ether oxygens (including phenoxy) is 1. The summed E-state index contributed by atoms with van der Waals surface area (Å²) in [5.41, 5.74) is -0.494. The lowest BCUT2D eigenvalue weighted by atomic mass is 10.1. The average Bonchev–Trinajstić information content (AvgIpc) is 3.12. The minimum Gasteiger partial charge on any atom is -0.480 e. The molecule has 1 atom stereocenters. The van der Waals surface area contributed by atoms with Crippen molar-refractivity contribution in [3.63, 3.8) is 0 Å². The first-order valence-electron chi connectivity index (χ1n) is 7.23. The number of carbonyl (C=O) groups is 2. The average molecular weight is 284 g/mol. The fourth-order valence-electron chi connectivity index (χ4n) is 2.58. The van der Waals surface area contributed by atoms with Gasteiger partial charge in [0.25, 0.3) is 0 Å². The number of nitrogens with zero attached hydrogens (tertiary/aromatic N) is 2. The monoisotopic (exact) mass is 284 g/mol. The smallest absolute Gasteiger partial charge is 0.410 e. The first-order chi connectivity index (χ1) is 9.28. The Labute approximate surface area is 119 Å². The molecule has 1 N–H and O–H groups in total. The van der Waals surface area contributed by atoms with Gasteiger partial charge in [-0.05, 0) is 39.5 Å².